The molecule has 1 N–H and O–H groups in total. The van der Waals surface area contributed by atoms with E-state index in [0.717, 1.165) is 20.9 Å². The first kappa shape index (κ1) is 15.8. The van der Waals surface area contributed by atoms with Crippen molar-refractivity contribution < 1.29 is 4.74 Å². The second kappa shape index (κ2) is 7.48. The number of hydrogen-bond donors (Lipinski definition) is 1. The highest BCUT2D eigenvalue weighted by Crippen LogP contribution is 2.37. The standard InChI is InChI=1S/C17H17N3OS2/c1-12(13-7-4-3-5-8-13)22-17-20-19-16(23-17)18-14-9-6-10-15(11-14)21-2/h3-12H,1-2H3,(H,18,19)/t12-/m0/s1. The van der Waals surface area contributed by atoms with Crippen LogP contribution < -0.4 is 10.1 Å². The van der Waals surface area contributed by atoms with Gasteiger partial charge >= 0.3 is 0 Å². The third-order valence-corrected chi connectivity index (χ3v) is 5.36. The van der Waals surface area contributed by atoms with Crippen LogP contribution in [-0.2, 0) is 0 Å². The topological polar surface area (TPSA) is 47.0 Å². The molecule has 0 saturated heterocycles. The number of nitrogens with one attached hydrogen (secondary N) is 1. The summed E-state index contributed by atoms with van der Waals surface area (Å²) in [6.07, 6.45) is 0. The molecule has 0 aliphatic heterocycles. The fraction of sp³-hybridized carbons (Fsp3) is 0.176. The summed E-state index contributed by atoms with van der Waals surface area (Å²) in [4.78, 5) is 0. The van der Waals surface area contributed by atoms with Crippen molar-refractivity contribution >= 4 is 33.9 Å². The Morgan fingerprint density at radius 2 is 1.91 bits per heavy atom. The van der Waals surface area contributed by atoms with Crippen molar-refractivity contribution in [3.63, 3.8) is 0 Å². The number of rotatable bonds is 6. The van der Waals surface area contributed by atoms with Crippen molar-refractivity contribution in [3.8, 4) is 5.75 Å². The van der Waals surface area contributed by atoms with Crippen LogP contribution in [0.5, 0.6) is 5.75 Å². The summed E-state index contributed by atoms with van der Waals surface area (Å²) in [5, 5.41) is 12.9. The summed E-state index contributed by atoms with van der Waals surface area (Å²) in [7, 11) is 1.66. The van der Waals surface area contributed by atoms with Crippen LogP contribution in [0.3, 0.4) is 0 Å². The van der Waals surface area contributed by atoms with Gasteiger partial charge in [0.15, 0.2) is 4.34 Å². The van der Waals surface area contributed by atoms with E-state index in [0.29, 0.717) is 5.25 Å². The molecule has 1 aromatic heterocycles. The fourth-order valence-electron chi connectivity index (χ4n) is 2.08. The highest BCUT2D eigenvalue weighted by molar-refractivity contribution is 8.01. The molecule has 0 fully saturated rings. The second-order valence-corrected chi connectivity index (χ2v) is 7.47. The summed E-state index contributed by atoms with van der Waals surface area (Å²) >= 11 is 3.27. The summed E-state index contributed by atoms with van der Waals surface area (Å²) in [5.74, 6) is 0.812. The normalized spacial score (nSPS) is 11.9. The third kappa shape index (κ3) is 4.24. The van der Waals surface area contributed by atoms with Gasteiger partial charge in [0.25, 0.3) is 0 Å². The summed E-state index contributed by atoms with van der Waals surface area (Å²) in [6.45, 7) is 2.18. The highest BCUT2D eigenvalue weighted by atomic mass is 32.2. The molecule has 0 spiro atoms. The van der Waals surface area contributed by atoms with Gasteiger partial charge in [-0.2, -0.15) is 0 Å². The smallest absolute Gasteiger partial charge is 0.210 e. The van der Waals surface area contributed by atoms with E-state index in [1.165, 1.54) is 5.56 Å². The number of hydrogen-bond acceptors (Lipinski definition) is 6. The monoisotopic (exact) mass is 343 g/mol. The molecule has 118 valence electrons. The number of ether oxygens (including phenoxy) is 1. The first-order valence-electron chi connectivity index (χ1n) is 7.21. The molecule has 1 heterocycles. The Kier molecular flexibility index (Phi) is 5.15. The van der Waals surface area contributed by atoms with Crippen LogP contribution in [0.15, 0.2) is 58.9 Å². The molecule has 0 radical (unpaired) electrons. The first-order chi connectivity index (χ1) is 11.2. The van der Waals surface area contributed by atoms with E-state index >= 15 is 0 Å². The molecule has 1 atom stereocenters. The molecule has 6 heteroatoms. The molecule has 0 aliphatic rings. The number of benzene rings is 2. The van der Waals surface area contributed by atoms with Gasteiger partial charge in [0.2, 0.25) is 5.13 Å². The van der Waals surface area contributed by atoms with E-state index in [2.05, 4.69) is 46.7 Å². The van der Waals surface area contributed by atoms with Crippen LogP contribution in [0.4, 0.5) is 10.8 Å². The van der Waals surface area contributed by atoms with Gasteiger partial charge < -0.3 is 10.1 Å². The molecule has 3 rings (SSSR count). The Hall–Kier alpha value is -2.05. The average Bonchev–Trinajstić information content (AvgIpc) is 3.02. The minimum atomic E-state index is 0.341. The largest absolute Gasteiger partial charge is 0.497 e. The summed E-state index contributed by atoms with van der Waals surface area (Å²) in [5.41, 5.74) is 2.23. The van der Waals surface area contributed by atoms with Gasteiger partial charge in [0.1, 0.15) is 5.75 Å². The van der Waals surface area contributed by atoms with Gasteiger partial charge in [-0.1, -0.05) is 59.5 Å². The zero-order chi connectivity index (χ0) is 16.1. The van der Waals surface area contributed by atoms with Crippen LogP contribution in [0.25, 0.3) is 0 Å². The molecular weight excluding hydrogens is 326 g/mol. The van der Waals surface area contributed by atoms with Crippen LogP contribution >= 0.6 is 23.1 Å². The summed E-state index contributed by atoms with van der Waals surface area (Å²) in [6, 6.07) is 18.2. The lowest BCUT2D eigenvalue weighted by Crippen LogP contribution is -1.90. The van der Waals surface area contributed by atoms with Gasteiger partial charge in [-0.3, -0.25) is 0 Å². The van der Waals surface area contributed by atoms with Gasteiger partial charge in [-0.05, 0) is 24.6 Å². The van der Waals surface area contributed by atoms with E-state index in [9.17, 15) is 0 Å². The Labute approximate surface area is 143 Å². The minimum Gasteiger partial charge on any atom is -0.497 e. The molecule has 0 saturated carbocycles. The molecule has 2 aromatic carbocycles. The molecule has 0 unspecified atom stereocenters. The minimum absolute atomic E-state index is 0.341. The van der Waals surface area contributed by atoms with Crippen molar-refractivity contribution in [3.05, 3.63) is 60.2 Å². The number of anilines is 2. The Morgan fingerprint density at radius 1 is 1.09 bits per heavy atom. The predicted molar refractivity (Wildman–Crippen MR) is 96.9 cm³/mol. The van der Waals surface area contributed by atoms with E-state index in [1.54, 1.807) is 30.2 Å². The number of methoxy groups -OCH3 is 1. The maximum Gasteiger partial charge on any atom is 0.210 e. The van der Waals surface area contributed by atoms with Crippen molar-refractivity contribution in [2.45, 2.75) is 16.5 Å². The molecule has 23 heavy (non-hydrogen) atoms. The lowest BCUT2D eigenvalue weighted by molar-refractivity contribution is 0.415. The third-order valence-electron chi connectivity index (χ3n) is 3.27. The zero-order valence-corrected chi connectivity index (χ0v) is 14.5. The molecule has 4 nitrogen and oxygen atoms in total. The average molecular weight is 343 g/mol. The van der Waals surface area contributed by atoms with Crippen LogP contribution in [0.1, 0.15) is 17.7 Å². The maximum atomic E-state index is 5.22. The van der Waals surface area contributed by atoms with Crippen LogP contribution in [-0.4, -0.2) is 17.3 Å². The Bertz CT molecular complexity index is 761. The fourth-order valence-corrected chi connectivity index (χ4v) is 4.12. The first-order valence-corrected chi connectivity index (χ1v) is 8.90. The van der Waals surface area contributed by atoms with Gasteiger partial charge in [-0.25, -0.2) is 0 Å². The van der Waals surface area contributed by atoms with Gasteiger partial charge in [0, 0.05) is 17.0 Å². The maximum absolute atomic E-state index is 5.22. The highest BCUT2D eigenvalue weighted by Gasteiger charge is 2.11. The quantitative estimate of drug-likeness (QED) is 0.628. The van der Waals surface area contributed by atoms with Crippen molar-refractivity contribution in [2.75, 3.05) is 12.4 Å². The number of nitrogens with zero attached hydrogens (tertiary/aromatic N) is 2. The second-order valence-electron chi connectivity index (χ2n) is 4.90. The molecule has 0 amide bonds. The van der Waals surface area contributed by atoms with Crippen molar-refractivity contribution in [1.29, 1.82) is 0 Å². The Balaban J connectivity index is 1.66. The van der Waals surface area contributed by atoms with Crippen LogP contribution in [0, 0.1) is 0 Å². The Morgan fingerprint density at radius 3 is 2.70 bits per heavy atom. The molecule has 0 aliphatic carbocycles. The summed E-state index contributed by atoms with van der Waals surface area (Å²) < 4.78 is 6.17. The van der Waals surface area contributed by atoms with E-state index in [1.807, 2.05) is 30.3 Å². The SMILES string of the molecule is COc1cccc(Nc2nnc(S[C@@H](C)c3ccccc3)s2)c1. The molecular formula is C17H17N3OS2. The van der Waals surface area contributed by atoms with E-state index < -0.39 is 0 Å². The number of thioether (sulfide) groups is 1. The molecule has 0 bridgehead atoms. The van der Waals surface area contributed by atoms with Crippen LogP contribution in [0.2, 0.25) is 0 Å². The molecule has 3 aromatic rings. The zero-order valence-electron chi connectivity index (χ0n) is 12.9. The van der Waals surface area contributed by atoms with Gasteiger partial charge in [-0.15, -0.1) is 10.2 Å². The van der Waals surface area contributed by atoms with Gasteiger partial charge in [0.05, 0.1) is 7.11 Å². The van der Waals surface area contributed by atoms with E-state index in [4.69, 9.17) is 4.74 Å². The van der Waals surface area contributed by atoms with Crippen molar-refractivity contribution in [2.24, 2.45) is 0 Å². The lowest BCUT2D eigenvalue weighted by atomic mass is 10.2. The van der Waals surface area contributed by atoms with E-state index in [-0.39, 0.29) is 0 Å². The number of aromatic nitrogens is 2. The lowest BCUT2D eigenvalue weighted by Gasteiger charge is -2.08. The van der Waals surface area contributed by atoms with Crippen molar-refractivity contribution in [1.82, 2.24) is 10.2 Å². The predicted octanol–water partition coefficient (Wildman–Crippen LogP) is 5.14.